The van der Waals surface area contributed by atoms with Gasteiger partial charge in [-0.15, -0.1) is 12.4 Å². The maximum absolute atomic E-state index is 11.7. The van der Waals surface area contributed by atoms with Crippen LogP contribution < -0.4 is 5.73 Å². The van der Waals surface area contributed by atoms with Gasteiger partial charge in [-0.2, -0.15) is 0 Å². The van der Waals surface area contributed by atoms with Crippen LogP contribution in [-0.2, 0) is 16.0 Å². The summed E-state index contributed by atoms with van der Waals surface area (Å²) in [5.74, 6) is -0.409. The predicted octanol–water partition coefficient (Wildman–Crippen LogP) is 1.75. The molecule has 2 N–H and O–H groups in total. The Morgan fingerprint density at radius 3 is 2.28 bits per heavy atom. The molecule has 0 unspecified atom stereocenters. The monoisotopic (exact) mass is 271 g/mol. The molecule has 0 aromatic heterocycles. The van der Waals surface area contributed by atoms with Gasteiger partial charge in [0, 0.05) is 12.0 Å². The van der Waals surface area contributed by atoms with Gasteiger partial charge in [-0.05, 0) is 18.5 Å². The number of esters is 1. The second kappa shape index (κ2) is 8.66. The molecule has 0 radical (unpaired) electrons. The van der Waals surface area contributed by atoms with E-state index >= 15 is 0 Å². The van der Waals surface area contributed by atoms with Crippen LogP contribution in [0.15, 0.2) is 24.3 Å². The first-order valence-electron chi connectivity index (χ1n) is 5.56. The topological polar surface area (TPSA) is 69.4 Å². The van der Waals surface area contributed by atoms with Crippen molar-refractivity contribution in [3.05, 3.63) is 35.4 Å². The second-order valence-corrected chi connectivity index (χ2v) is 3.73. The molecule has 5 heteroatoms. The lowest BCUT2D eigenvalue weighted by Gasteiger charge is -2.02. The number of carbonyl (C=O) groups is 2. The van der Waals surface area contributed by atoms with E-state index in [0.29, 0.717) is 12.1 Å². The Morgan fingerprint density at radius 1 is 1.17 bits per heavy atom. The minimum atomic E-state index is -0.363. The van der Waals surface area contributed by atoms with Crippen LogP contribution in [-0.4, -0.2) is 25.4 Å². The van der Waals surface area contributed by atoms with Crippen molar-refractivity contribution in [3.63, 3.8) is 0 Å². The van der Waals surface area contributed by atoms with Crippen LogP contribution in [0.25, 0.3) is 0 Å². The lowest BCUT2D eigenvalue weighted by molar-refractivity contribution is -0.140. The van der Waals surface area contributed by atoms with E-state index in [1.807, 2.05) is 12.1 Å². The number of halogens is 1. The Kier molecular flexibility index (Phi) is 8.00. The van der Waals surface area contributed by atoms with E-state index in [1.165, 1.54) is 7.11 Å². The molecule has 0 aliphatic rings. The van der Waals surface area contributed by atoms with Gasteiger partial charge >= 0.3 is 5.97 Å². The summed E-state index contributed by atoms with van der Waals surface area (Å²) in [6, 6.07) is 7.31. The van der Waals surface area contributed by atoms with E-state index in [4.69, 9.17) is 5.73 Å². The summed E-state index contributed by atoms with van der Waals surface area (Å²) in [4.78, 5) is 22.6. The number of ether oxygens (including phenoxy) is 1. The van der Waals surface area contributed by atoms with Crippen molar-refractivity contribution < 1.29 is 14.3 Å². The van der Waals surface area contributed by atoms with Gasteiger partial charge < -0.3 is 10.5 Å². The fraction of sp³-hybridized carbons (Fsp3) is 0.385. The van der Waals surface area contributed by atoms with Crippen LogP contribution in [0.3, 0.4) is 0 Å². The van der Waals surface area contributed by atoms with E-state index in [9.17, 15) is 9.59 Å². The maximum Gasteiger partial charge on any atom is 0.305 e. The van der Waals surface area contributed by atoms with Crippen LogP contribution in [0.1, 0.15) is 28.8 Å². The molecule has 0 heterocycles. The smallest absolute Gasteiger partial charge is 0.305 e. The number of nitrogens with two attached hydrogens (primary N) is 1. The largest absolute Gasteiger partial charge is 0.469 e. The molecule has 18 heavy (non-hydrogen) atoms. The van der Waals surface area contributed by atoms with Gasteiger partial charge in [0.05, 0.1) is 13.5 Å². The minimum absolute atomic E-state index is 0. The number of hydrogen-bond acceptors (Lipinski definition) is 4. The van der Waals surface area contributed by atoms with Gasteiger partial charge in [0.15, 0.2) is 5.78 Å². The van der Waals surface area contributed by atoms with Gasteiger partial charge in [0.25, 0.3) is 0 Å². The van der Waals surface area contributed by atoms with Crippen molar-refractivity contribution in [1.29, 1.82) is 0 Å². The highest BCUT2D eigenvalue weighted by Crippen LogP contribution is 2.09. The number of ketones is 1. The van der Waals surface area contributed by atoms with Crippen LogP contribution in [0.5, 0.6) is 0 Å². The summed E-state index contributed by atoms with van der Waals surface area (Å²) in [6.45, 7) is 0.593. The van der Waals surface area contributed by atoms with Crippen LogP contribution in [0.4, 0.5) is 0 Å². The molecule has 0 amide bonds. The standard InChI is InChI=1S/C13H17NO3.ClH/c1-17-13(16)7-6-12(15)11-4-2-10(3-5-11)8-9-14;/h2-5H,6-9,14H2,1H3;1H. The van der Waals surface area contributed by atoms with Crippen molar-refractivity contribution >= 4 is 24.2 Å². The van der Waals surface area contributed by atoms with E-state index in [-0.39, 0.29) is 37.0 Å². The zero-order chi connectivity index (χ0) is 12.7. The third-order valence-corrected chi connectivity index (χ3v) is 2.49. The first-order chi connectivity index (χ1) is 8.17. The summed E-state index contributed by atoms with van der Waals surface area (Å²) in [6.07, 6.45) is 1.11. The highest BCUT2D eigenvalue weighted by atomic mass is 35.5. The van der Waals surface area contributed by atoms with Gasteiger partial charge in [-0.25, -0.2) is 0 Å². The van der Waals surface area contributed by atoms with Crippen molar-refractivity contribution in [2.24, 2.45) is 5.73 Å². The molecule has 0 saturated carbocycles. The highest BCUT2D eigenvalue weighted by Gasteiger charge is 2.09. The lowest BCUT2D eigenvalue weighted by atomic mass is 10.0. The summed E-state index contributed by atoms with van der Waals surface area (Å²) in [7, 11) is 1.31. The molecular formula is C13H18ClNO3. The van der Waals surface area contributed by atoms with Gasteiger partial charge in [-0.3, -0.25) is 9.59 Å². The molecule has 4 nitrogen and oxygen atoms in total. The minimum Gasteiger partial charge on any atom is -0.469 e. The Bertz CT molecular complexity index is 390. The second-order valence-electron chi connectivity index (χ2n) is 3.73. The van der Waals surface area contributed by atoms with E-state index in [2.05, 4.69) is 4.74 Å². The lowest BCUT2D eigenvalue weighted by Crippen LogP contribution is -2.06. The molecule has 1 aromatic rings. The quantitative estimate of drug-likeness (QED) is 0.632. The number of methoxy groups -OCH3 is 1. The van der Waals surface area contributed by atoms with E-state index in [0.717, 1.165) is 12.0 Å². The molecule has 100 valence electrons. The molecule has 0 atom stereocenters. The molecule has 0 aliphatic heterocycles. The van der Waals surface area contributed by atoms with Crippen LogP contribution in [0, 0.1) is 0 Å². The normalized spacial score (nSPS) is 9.44. The van der Waals surface area contributed by atoms with E-state index in [1.54, 1.807) is 12.1 Å². The molecule has 0 saturated heterocycles. The van der Waals surface area contributed by atoms with Crippen molar-refractivity contribution in [3.8, 4) is 0 Å². The molecule has 0 aliphatic carbocycles. The average Bonchev–Trinajstić information content (AvgIpc) is 2.36. The van der Waals surface area contributed by atoms with Gasteiger partial charge in [0.2, 0.25) is 0 Å². The fourth-order valence-corrected chi connectivity index (χ4v) is 1.49. The summed E-state index contributed by atoms with van der Waals surface area (Å²) in [5.41, 5.74) is 7.16. The Hall–Kier alpha value is -1.39. The summed E-state index contributed by atoms with van der Waals surface area (Å²) < 4.78 is 4.48. The highest BCUT2D eigenvalue weighted by molar-refractivity contribution is 5.97. The number of benzene rings is 1. The first kappa shape index (κ1) is 16.6. The molecular weight excluding hydrogens is 254 g/mol. The van der Waals surface area contributed by atoms with Crippen molar-refractivity contribution in [2.45, 2.75) is 19.3 Å². The zero-order valence-corrected chi connectivity index (χ0v) is 11.2. The van der Waals surface area contributed by atoms with E-state index < -0.39 is 0 Å². The Morgan fingerprint density at radius 2 is 1.78 bits per heavy atom. The molecule has 1 rings (SSSR count). The number of carbonyl (C=O) groups excluding carboxylic acids is 2. The van der Waals surface area contributed by atoms with Crippen molar-refractivity contribution in [2.75, 3.05) is 13.7 Å². The third-order valence-electron chi connectivity index (χ3n) is 2.49. The number of rotatable bonds is 6. The Balaban J connectivity index is 0.00000289. The number of hydrogen-bond donors (Lipinski definition) is 1. The van der Waals surface area contributed by atoms with Gasteiger partial charge in [-0.1, -0.05) is 24.3 Å². The SMILES string of the molecule is COC(=O)CCC(=O)c1ccc(CCN)cc1.Cl. The maximum atomic E-state index is 11.7. The van der Waals surface area contributed by atoms with Crippen LogP contribution in [0.2, 0.25) is 0 Å². The van der Waals surface area contributed by atoms with Crippen molar-refractivity contribution in [1.82, 2.24) is 0 Å². The average molecular weight is 272 g/mol. The van der Waals surface area contributed by atoms with Crippen LogP contribution >= 0.6 is 12.4 Å². The summed E-state index contributed by atoms with van der Waals surface area (Å²) in [5, 5.41) is 0. The molecule has 1 aromatic carbocycles. The Labute approximate surface area is 113 Å². The number of Topliss-reactive ketones (excluding diaryl/α,β-unsaturated/α-hetero) is 1. The fourth-order valence-electron chi connectivity index (χ4n) is 1.49. The first-order valence-corrected chi connectivity index (χ1v) is 5.56. The predicted molar refractivity (Wildman–Crippen MR) is 72.0 cm³/mol. The zero-order valence-electron chi connectivity index (χ0n) is 10.3. The molecule has 0 bridgehead atoms. The molecule has 0 fully saturated rings. The van der Waals surface area contributed by atoms with Gasteiger partial charge in [0.1, 0.15) is 0 Å². The summed E-state index contributed by atoms with van der Waals surface area (Å²) >= 11 is 0. The molecule has 0 spiro atoms. The third kappa shape index (κ3) is 5.29.